The number of Topliss-reactive ketones (excluding diaryl/α,β-unsaturated/α-hetero) is 2. The Hall–Kier alpha value is -1.23. The van der Waals surface area contributed by atoms with Gasteiger partial charge in [0.1, 0.15) is 11.6 Å². The lowest BCUT2D eigenvalue weighted by Gasteiger charge is -2.19. The highest BCUT2D eigenvalue weighted by molar-refractivity contribution is 5.78. The van der Waals surface area contributed by atoms with Crippen molar-refractivity contribution >= 4 is 17.5 Å². The summed E-state index contributed by atoms with van der Waals surface area (Å²) in [4.78, 5) is 40.8. The smallest absolute Gasteiger partial charge is 0.308 e. The summed E-state index contributed by atoms with van der Waals surface area (Å²) in [5, 5.41) is 0. The second-order valence-electron chi connectivity index (χ2n) is 19.8. The topological polar surface area (TPSA) is 63.7 Å². The third kappa shape index (κ3) is 40.3. The molecule has 0 aromatic heterocycles. The van der Waals surface area contributed by atoms with Gasteiger partial charge in [0.25, 0.3) is 0 Å². The number of unbranched alkanes of at least 4 members (excludes halogenated alkanes) is 20. The van der Waals surface area contributed by atoms with Crippen LogP contribution >= 0.6 is 0 Å². The summed E-state index contributed by atoms with van der Waals surface area (Å²) in [5.41, 5.74) is 0. The number of hydrogen-bond acceptors (Lipinski definition) is 5. The van der Waals surface area contributed by atoms with E-state index in [1.54, 1.807) is 0 Å². The second-order valence-corrected chi connectivity index (χ2v) is 19.8. The third-order valence-electron chi connectivity index (χ3n) is 14.1. The first-order valence-corrected chi connectivity index (χ1v) is 28.3. The monoisotopic (exact) mass is 874 g/mol. The molecule has 0 amide bonds. The average molecular weight is 875 g/mol. The predicted molar refractivity (Wildman–Crippen MR) is 271 cm³/mol. The average Bonchev–Trinajstić information content (AvgIpc) is 3.27. The van der Waals surface area contributed by atoms with Gasteiger partial charge in [0, 0.05) is 32.2 Å². The Labute approximate surface area is 389 Å². The minimum absolute atomic E-state index is 0.0332. The van der Waals surface area contributed by atoms with Gasteiger partial charge in [0.05, 0.1) is 12.5 Å². The molecule has 0 saturated carbocycles. The highest BCUT2D eigenvalue weighted by atomic mass is 16.5. The maximum Gasteiger partial charge on any atom is 0.308 e. The maximum absolute atomic E-state index is 13.2. The summed E-state index contributed by atoms with van der Waals surface area (Å²) in [6, 6.07) is 0. The van der Waals surface area contributed by atoms with Gasteiger partial charge in [-0.05, 0) is 69.9 Å². The fourth-order valence-electron chi connectivity index (χ4n) is 9.72. The predicted octanol–water partition coefficient (Wildman–Crippen LogP) is 17.9. The zero-order valence-corrected chi connectivity index (χ0v) is 43.1. The Morgan fingerprint density at radius 1 is 0.355 bits per heavy atom. The van der Waals surface area contributed by atoms with E-state index in [9.17, 15) is 14.4 Å². The summed E-state index contributed by atoms with van der Waals surface area (Å²) in [7, 11) is 0. The molecule has 0 fully saturated rings. The van der Waals surface area contributed by atoms with E-state index < -0.39 is 0 Å². The second kappa shape index (κ2) is 47.7. The number of carbonyl (C=O) groups excluding carboxylic acids is 3. The van der Waals surface area contributed by atoms with E-state index in [1.807, 2.05) is 0 Å². The van der Waals surface area contributed by atoms with E-state index in [4.69, 9.17) is 4.74 Å². The van der Waals surface area contributed by atoms with Crippen LogP contribution in [-0.4, -0.2) is 48.7 Å². The van der Waals surface area contributed by atoms with Crippen LogP contribution < -0.4 is 0 Å². The molecule has 62 heavy (non-hydrogen) atoms. The molecular weight excluding hydrogens is 763 g/mol. The van der Waals surface area contributed by atoms with Crippen molar-refractivity contribution in [3.63, 3.8) is 0 Å². The SMILES string of the molecule is CCCCCC(CCCCC)CCCC(=O)CCCCCCCCCC(CCCCCCCCCC(=O)CCCC(CCCCC)CCCCC)C(=O)OCCCN(CC)CC. The van der Waals surface area contributed by atoms with Crippen molar-refractivity contribution in [2.24, 2.45) is 17.8 Å². The lowest BCUT2D eigenvalue weighted by Crippen LogP contribution is -2.26. The van der Waals surface area contributed by atoms with Gasteiger partial charge < -0.3 is 9.64 Å². The molecule has 0 N–H and O–H groups in total. The molecule has 0 aromatic rings. The Kier molecular flexibility index (Phi) is 46.8. The number of carbonyl (C=O) groups is 3. The van der Waals surface area contributed by atoms with Gasteiger partial charge in [0.15, 0.2) is 0 Å². The van der Waals surface area contributed by atoms with Gasteiger partial charge in [-0.1, -0.05) is 234 Å². The van der Waals surface area contributed by atoms with Crippen LogP contribution in [0.2, 0.25) is 0 Å². The van der Waals surface area contributed by atoms with Crippen LogP contribution in [0, 0.1) is 17.8 Å². The van der Waals surface area contributed by atoms with Gasteiger partial charge in [-0.15, -0.1) is 0 Å². The van der Waals surface area contributed by atoms with Crippen LogP contribution in [0.5, 0.6) is 0 Å². The Morgan fingerprint density at radius 2 is 0.661 bits per heavy atom. The van der Waals surface area contributed by atoms with Gasteiger partial charge in [0.2, 0.25) is 0 Å². The van der Waals surface area contributed by atoms with Crippen molar-refractivity contribution in [3.05, 3.63) is 0 Å². The number of ether oxygens (including phenoxy) is 1. The molecule has 0 aromatic carbocycles. The molecular formula is C57H111NO4. The molecule has 5 heteroatoms. The molecule has 0 saturated heterocycles. The quantitative estimate of drug-likeness (QED) is 0.0450. The first-order valence-electron chi connectivity index (χ1n) is 28.3. The number of nitrogens with zero attached hydrogens (tertiary/aromatic N) is 1. The molecule has 368 valence electrons. The Morgan fingerprint density at radius 3 is 1.02 bits per heavy atom. The van der Waals surface area contributed by atoms with Crippen molar-refractivity contribution < 1.29 is 19.1 Å². The van der Waals surface area contributed by atoms with E-state index in [0.29, 0.717) is 18.2 Å². The minimum Gasteiger partial charge on any atom is -0.465 e. The standard InChI is InChI=1S/C57H111NO4/c1-7-13-27-38-52(39-28-14-8-2)42-35-48-55(59)46-33-25-21-17-19-23-31-44-54(57(61)62-51-37-50-58(11-5)12-6)45-32-24-20-18-22-26-34-47-56(60)49-36-43-53(40-29-15-9-3)41-30-16-10-4/h52-54H,7-51H2,1-6H3. The summed E-state index contributed by atoms with van der Waals surface area (Å²) >= 11 is 0. The van der Waals surface area contributed by atoms with Crippen molar-refractivity contribution in [2.75, 3.05) is 26.2 Å². The van der Waals surface area contributed by atoms with Gasteiger partial charge in [-0.2, -0.15) is 0 Å². The van der Waals surface area contributed by atoms with Gasteiger partial charge in [-0.25, -0.2) is 0 Å². The van der Waals surface area contributed by atoms with E-state index in [-0.39, 0.29) is 11.9 Å². The van der Waals surface area contributed by atoms with Crippen molar-refractivity contribution in [2.45, 2.75) is 305 Å². The zero-order valence-electron chi connectivity index (χ0n) is 43.1. The van der Waals surface area contributed by atoms with E-state index in [2.05, 4.69) is 46.4 Å². The van der Waals surface area contributed by atoms with Crippen LogP contribution in [0.25, 0.3) is 0 Å². The fraction of sp³-hybridized carbons (Fsp3) is 0.947. The van der Waals surface area contributed by atoms with Gasteiger partial charge in [-0.3, -0.25) is 14.4 Å². The summed E-state index contributed by atoms with van der Waals surface area (Å²) < 4.78 is 5.86. The molecule has 0 heterocycles. The lowest BCUT2D eigenvalue weighted by atomic mass is 9.90. The fourth-order valence-corrected chi connectivity index (χ4v) is 9.72. The third-order valence-corrected chi connectivity index (χ3v) is 14.1. The molecule has 0 aliphatic rings. The highest BCUT2D eigenvalue weighted by Crippen LogP contribution is 2.26. The molecule has 0 unspecified atom stereocenters. The number of ketones is 2. The summed E-state index contributed by atoms with van der Waals surface area (Å²) in [5.74, 6) is 2.70. The molecule has 0 bridgehead atoms. The molecule has 0 aliphatic heterocycles. The van der Waals surface area contributed by atoms with Crippen molar-refractivity contribution in [3.8, 4) is 0 Å². The van der Waals surface area contributed by atoms with Gasteiger partial charge >= 0.3 is 5.97 Å². The maximum atomic E-state index is 13.2. The molecule has 0 aliphatic carbocycles. The minimum atomic E-state index is 0.0332. The molecule has 0 atom stereocenters. The van der Waals surface area contributed by atoms with Crippen LogP contribution in [0.15, 0.2) is 0 Å². The molecule has 0 rings (SSSR count). The number of hydrogen-bond donors (Lipinski definition) is 0. The number of esters is 1. The molecule has 5 nitrogen and oxygen atoms in total. The summed E-state index contributed by atoms with van der Waals surface area (Å²) in [6.45, 7) is 17.2. The van der Waals surface area contributed by atoms with Crippen LogP contribution in [0.1, 0.15) is 305 Å². The van der Waals surface area contributed by atoms with Crippen LogP contribution in [-0.2, 0) is 19.1 Å². The van der Waals surface area contributed by atoms with Crippen LogP contribution in [0.3, 0.4) is 0 Å². The molecule has 0 spiro atoms. The Bertz CT molecular complexity index is 882. The van der Waals surface area contributed by atoms with Crippen LogP contribution in [0.4, 0.5) is 0 Å². The first kappa shape index (κ1) is 60.8. The molecule has 0 radical (unpaired) electrons. The zero-order chi connectivity index (χ0) is 45.6. The Balaban J connectivity index is 4.34. The normalized spacial score (nSPS) is 11.8. The van der Waals surface area contributed by atoms with Crippen molar-refractivity contribution in [1.82, 2.24) is 4.90 Å². The largest absolute Gasteiger partial charge is 0.465 e. The summed E-state index contributed by atoms with van der Waals surface area (Å²) in [6.07, 6.45) is 48.5. The van der Waals surface area contributed by atoms with E-state index >= 15 is 0 Å². The highest BCUT2D eigenvalue weighted by Gasteiger charge is 2.20. The van der Waals surface area contributed by atoms with E-state index in [0.717, 1.165) is 115 Å². The number of rotatable bonds is 51. The first-order chi connectivity index (χ1) is 30.3. The van der Waals surface area contributed by atoms with E-state index in [1.165, 1.54) is 180 Å². The van der Waals surface area contributed by atoms with Crippen molar-refractivity contribution in [1.29, 1.82) is 0 Å². The lowest BCUT2D eigenvalue weighted by molar-refractivity contribution is -0.149.